The van der Waals surface area contributed by atoms with Crippen molar-refractivity contribution in [3.05, 3.63) is 34.9 Å². The van der Waals surface area contributed by atoms with Crippen molar-refractivity contribution in [1.82, 2.24) is 5.32 Å². The Morgan fingerprint density at radius 1 is 1.50 bits per heavy atom. The van der Waals surface area contributed by atoms with E-state index in [2.05, 4.69) is 5.32 Å². The second-order valence-electron chi connectivity index (χ2n) is 5.27. The molecule has 3 N–H and O–H groups in total. The number of carbonyl (C=O) groups excluding carboxylic acids is 1. The van der Waals surface area contributed by atoms with E-state index in [1.807, 2.05) is 31.2 Å². The van der Waals surface area contributed by atoms with Crippen LogP contribution in [0, 0.1) is 5.92 Å². The van der Waals surface area contributed by atoms with Gasteiger partial charge in [0.25, 0.3) is 0 Å². The van der Waals surface area contributed by atoms with Gasteiger partial charge in [0.1, 0.15) is 0 Å². The Hall–Kier alpha value is -1.06. The molecule has 1 fully saturated rings. The highest BCUT2D eigenvalue weighted by atomic mass is 35.5. The molecule has 98 valence electrons. The summed E-state index contributed by atoms with van der Waals surface area (Å²) in [7, 11) is 0. The topological polar surface area (TPSA) is 55.1 Å². The molecule has 0 saturated heterocycles. The monoisotopic (exact) mass is 266 g/mol. The summed E-state index contributed by atoms with van der Waals surface area (Å²) >= 11 is 6.11. The minimum atomic E-state index is -0.768. The number of halogens is 1. The number of nitrogens with two attached hydrogens (primary N) is 1. The highest BCUT2D eigenvalue weighted by Crippen LogP contribution is 2.38. The first-order chi connectivity index (χ1) is 8.43. The maximum Gasteiger partial charge on any atom is 0.240 e. The van der Waals surface area contributed by atoms with Crippen LogP contribution in [-0.2, 0) is 4.79 Å². The summed E-state index contributed by atoms with van der Waals surface area (Å²) in [6.07, 6.45) is 2.09. The quantitative estimate of drug-likeness (QED) is 0.880. The number of carbonyl (C=O) groups is 1. The summed E-state index contributed by atoms with van der Waals surface area (Å²) in [4.78, 5) is 12.2. The lowest BCUT2D eigenvalue weighted by Crippen LogP contribution is -2.53. The van der Waals surface area contributed by atoms with Crippen molar-refractivity contribution in [3.63, 3.8) is 0 Å². The molecule has 0 radical (unpaired) electrons. The van der Waals surface area contributed by atoms with Crippen LogP contribution in [0.3, 0.4) is 0 Å². The Kier molecular flexibility index (Phi) is 3.64. The lowest BCUT2D eigenvalue weighted by molar-refractivity contribution is -0.127. The van der Waals surface area contributed by atoms with Crippen LogP contribution in [0.1, 0.15) is 38.3 Å². The van der Waals surface area contributed by atoms with Gasteiger partial charge in [-0.15, -0.1) is 0 Å². The average molecular weight is 267 g/mol. The van der Waals surface area contributed by atoms with Gasteiger partial charge in [-0.25, -0.2) is 0 Å². The van der Waals surface area contributed by atoms with Crippen molar-refractivity contribution in [3.8, 4) is 0 Å². The Morgan fingerprint density at radius 3 is 2.67 bits per heavy atom. The molecule has 3 nitrogen and oxygen atoms in total. The Balaban J connectivity index is 2.05. The van der Waals surface area contributed by atoms with Gasteiger partial charge in [0.15, 0.2) is 0 Å². The van der Waals surface area contributed by atoms with Crippen LogP contribution in [0.5, 0.6) is 0 Å². The number of rotatable bonds is 4. The minimum absolute atomic E-state index is 0.0996. The predicted molar refractivity (Wildman–Crippen MR) is 73.3 cm³/mol. The van der Waals surface area contributed by atoms with Gasteiger partial charge in [-0.2, -0.15) is 0 Å². The number of amides is 1. The molecule has 2 rings (SSSR count). The summed E-state index contributed by atoms with van der Waals surface area (Å²) < 4.78 is 0. The maximum atomic E-state index is 12.2. The lowest BCUT2D eigenvalue weighted by Gasteiger charge is -2.26. The molecular formula is C14H19ClN2O. The van der Waals surface area contributed by atoms with E-state index in [0.717, 1.165) is 18.4 Å². The maximum absolute atomic E-state index is 12.2. The number of hydrogen-bond acceptors (Lipinski definition) is 2. The molecule has 1 saturated carbocycles. The van der Waals surface area contributed by atoms with Gasteiger partial charge in [-0.05, 0) is 44.2 Å². The minimum Gasteiger partial charge on any atom is -0.348 e. The van der Waals surface area contributed by atoms with E-state index in [4.69, 9.17) is 17.3 Å². The van der Waals surface area contributed by atoms with E-state index in [9.17, 15) is 4.79 Å². The van der Waals surface area contributed by atoms with Gasteiger partial charge in [0.2, 0.25) is 5.91 Å². The van der Waals surface area contributed by atoms with Crippen LogP contribution in [0.4, 0.5) is 0 Å². The fourth-order valence-corrected chi connectivity index (χ4v) is 2.42. The molecule has 1 aromatic rings. The summed E-state index contributed by atoms with van der Waals surface area (Å²) in [5.74, 6) is 0.216. The molecule has 1 aromatic carbocycles. The zero-order valence-corrected chi connectivity index (χ0v) is 11.5. The van der Waals surface area contributed by atoms with Crippen LogP contribution >= 0.6 is 11.6 Å². The van der Waals surface area contributed by atoms with E-state index in [0.29, 0.717) is 10.9 Å². The average Bonchev–Trinajstić information content (AvgIpc) is 3.13. The van der Waals surface area contributed by atoms with Crippen molar-refractivity contribution in [2.45, 2.75) is 38.3 Å². The third-order valence-corrected chi connectivity index (χ3v) is 3.98. The van der Waals surface area contributed by atoms with Gasteiger partial charge < -0.3 is 11.1 Å². The molecule has 1 aliphatic carbocycles. The number of benzene rings is 1. The van der Waals surface area contributed by atoms with Gasteiger partial charge in [-0.3, -0.25) is 4.79 Å². The first-order valence-electron chi connectivity index (χ1n) is 6.27. The molecule has 2 unspecified atom stereocenters. The molecule has 0 aromatic heterocycles. The zero-order chi connectivity index (χ0) is 13.3. The second-order valence-corrected chi connectivity index (χ2v) is 5.68. The van der Waals surface area contributed by atoms with E-state index in [-0.39, 0.29) is 11.9 Å². The standard InChI is InChI=1S/C14H19ClN2O/c1-9(11-5-3-4-6-12(11)15)17-13(18)14(2,16)10-7-8-10/h3-6,9-10H,7-8,16H2,1-2H3,(H,17,18). The molecule has 0 bridgehead atoms. The molecule has 2 atom stereocenters. The van der Waals surface area contributed by atoms with Crippen molar-refractivity contribution < 1.29 is 4.79 Å². The van der Waals surface area contributed by atoms with Crippen LogP contribution in [0.15, 0.2) is 24.3 Å². The summed E-state index contributed by atoms with van der Waals surface area (Å²) in [6.45, 7) is 3.72. The smallest absolute Gasteiger partial charge is 0.240 e. The molecule has 0 heterocycles. The number of hydrogen-bond donors (Lipinski definition) is 2. The molecule has 1 aliphatic rings. The van der Waals surface area contributed by atoms with Crippen molar-refractivity contribution >= 4 is 17.5 Å². The first-order valence-corrected chi connectivity index (χ1v) is 6.65. The predicted octanol–water partition coefficient (Wildman–Crippen LogP) is 2.64. The second kappa shape index (κ2) is 4.90. The summed E-state index contributed by atoms with van der Waals surface area (Å²) in [6, 6.07) is 7.39. The lowest BCUT2D eigenvalue weighted by atomic mass is 9.95. The molecular weight excluding hydrogens is 248 g/mol. The summed E-state index contributed by atoms with van der Waals surface area (Å²) in [5, 5.41) is 3.61. The van der Waals surface area contributed by atoms with E-state index in [1.54, 1.807) is 6.92 Å². The van der Waals surface area contributed by atoms with Crippen molar-refractivity contribution in [1.29, 1.82) is 0 Å². The summed E-state index contributed by atoms with van der Waals surface area (Å²) in [5.41, 5.74) is 6.23. The van der Waals surface area contributed by atoms with Gasteiger partial charge in [0, 0.05) is 5.02 Å². The van der Waals surface area contributed by atoms with Crippen LogP contribution in [0.25, 0.3) is 0 Å². The SMILES string of the molecule is CC(NC(=O)C(C)(N)C1CC1)c1ccccc1Cl. The van der Waals surface area contributed by atoms with Gasteiger partial charge in [-0.1, -0.05) is 29.8 Å². The molecule has 4 heteroatoms. The van der Waals surface area contributed by atoms with Crippen LogP contribution in [0.2, 0.25) is 5.02 Å². The highest BCUT2D eigenvalue weighted by Gasteiger charge is 2.44. The van der Waals surface area contributed by atoms with Crippen LogP contribution in [-0.4, -0.2) is 11.4 Å². The fourth-order valence-electron chi connectivity index (χ4n) is 2.12. The number of nitrogens with one attached hydrogen (secondary N) is 1. The molecule has 18 heavy (non-hydrogen) atoms. The zero-order valence-electron chi connectivity index (χ0n) is 10.7. The third kappa shape index (κ3) is 2.68. The Labute approximate surface area is 113 Å². The first kappa shape index (κ1) is 13.4. The Morgan fingerprint density at radius 2 is 2.11 bits per heavy atom. The highest BCUT2D eigenvalue weighted by molar-refractivity contribution is 6.31. The normalized spacial score (nSPS) is 20.0. The van der Waals surface area contributed by atoms with Crippen molar-refractivity contribution in [2.24, 2.45) is 11.7 Å². The third-order valence-electron chi connectivity index (χ3n) is 3.63. The fraction of sp³-hybridized carbons (Fsp3) is 0.500. The van der Waals surface area contributed by atoms with E-state index >= 15 is 0 Å². The van der Waals surface area contributed by atoms with Crippen molar-refractivity contribution in [2.75, 3.05) is 0 Å². The largest absolute Gasteiger partial charge is 0.348 e. The van der Waals surface area contributed by atoms with Crippen LogP contribution < -0.4 is 11.1 Å². The van der Waals surface area contributed by atoms with E-state index < -0.39 is 5.54 Å². The van der Waals surface area contributed by atoms with E-state index in [1.165, 1.54) is 0 Å². The van der Waals surface area contributed by atoms with Gasteiger partial charge in [0.05, 0.1) is 11.6 Å². The van der Waals surface area contributed by atoms with Gasteiger partial charge >= 0.3 is 0 Å². The molecule has 0 spiro atoms. The Bertz CT molecular complexity index is 455. The molecule has 0 aliphatic heterocycles. The molecule has 1 amide bonds.